The van der Waals surface area contributed by atoms with Crippen molar-refractivity contribution in [3.63, 3.8) is 0 Å². The molecule has 2 aliphatic heterocycles. The number of hydrogen-bond donors (Lipinski definition) is 0. The minimum Gasteiger partial charge on any atom is -0.381 e. The van der Waals surface area contributed by atoms with Crippen molar-refractivity contribution in [3.05, 3.63) is 47.0 Å². The zero-order chi connectivity index (χ0) is 23.1. The Morgan fingerprint density at radius 1 is 1.09 bits per heavy atom. The summed E-state index contributed by atoms with van der Waals surface area (Å²) in [4.78, 5) is 2.54. The lowest BCUT2D eigenvalue weighted by atomic mass is 9.97. The van der Waals surface area contributed by atoms with Crippen molar-refractivity contribution in [1.82, 2.24) is 19.7 Å². The second-order valence-corrected chi connectivity index (χ2v) is 10.1. The Kier molecular flexibility index (Phi) is 7.60. The van der Waals surface area contributed by atoms with Crippen LogP contribution >= 0.6 is 12.4 Å². The first kappa shape index (κ1) is 25.5. The van der Waals surface area contributed by atoms with Crippen LogP contribution < -0.4 is 0 Å². The first-order valence-electron chi connectivity index (χ1n) is 12.2. The van der Waals surface area contributed by atoms with Crippen LogP contribution in [-0.4, -0.2) is 52.5 Å². The molecule has 3 fully saturated rings. The van der Waals surface area contributed by atoms with Crippen LogP contribution in [0, 0.1) is 5.41 Å². The monoisotopic (exact) mass is 498 g/mol. The fourth-order valence-electron chi connectivity index (χ4n) is 5.87. The highest BCUT2D eigenvalue weighted by atomic mass is 35.5. The van der Waals surface area contributed by atoms with Crippen molar-refractivity contribution in [2.75, 3.05) is 32.8 Å². The van der Waals surface area contributed by atoms with E-state index in [1.165, 1.54) is 12.1 Å². The van der Waals surface area contributed by atoms with E-state index in [1.54, 1.807) is 12.1 Å². The number of hydrogen-bond acceptors (Lipinski definition) is 4. The standard InChI is InChI=1S/C25H33F3N4O.ClH/c1-31-22(29-30-23(31)19-9-14-33-15-10-19)4-2-3-12-32-13-11-24(17-32)16-21(24)18-5-7-20(8-6-18)25(26,27)28;/h5-8,19,21H,2-4,9-17H2,1H3;1H/t21-,24-;/m0./s1. The Bertz CT molecular complexity index is 958. The Morgan fingerprint density at radius 3 is 2.53 bits per heavy atom. The summed E-state index contributed by atoms with van der Waals surface area (Å²) in [6.07, 6.45) is 3.19. The molecule has 1 aliphatic carbocycles. The Labute approximate surface area is 205 Å². The maximum Gasteiger partial charge on any atom is 0.416 e. The van der Waals surface area contributed by atoms with E-state index in [0.29, 0.717) is 11.8 Å². The normalized spacial score (nSPS) is 25.6. The molecule has 1 aromatic carbocycles. The Morgan fingerprint density at radius 2 is 1.82 bits per heavy atom. The van der Waals surface area contributed by atoms with Crippen molar-refractivity contribution in [2.45, 2.75) is 63.0 Å². The van der Waals surface area contributed by atoms with Gasteiger partial charge in [0.25, 0.3) is 0 Å². The SMILES string of the molecule is Cl.Cn1c(CCCCN2CC[C@]3(C[C@H]3c3ccc(C(F)(F)F)cc3)C2)nnc1C1CCOCC1. The van der Waals surface area contributed by atoms with Crippen LogP contribution in [0.2, 0.25) is 0 Å². The second kappa shape index (κ2) is 10.2. The third-order valence-electron chi connectivity index (χ3n) is 8.00. The van der Waals surface area contributed by atoms with E-state index in [4.69, 9.17) is 4.74 Å². The molecule has 3 heterocycles. The first-order valence-corrected chi connectivity index (χ1v) is 12.2. The molecule has 0 bridgehead atoms. The van der Waals surface area contributed by atoms with E-state index in [9.17, 15) is 13.2 Å². The average molecular weight is 499 g/mol. The lowest BCUT2D eigenvalue weighted by molar-refractivity contribution is -0.137. The summed E-state index contributed by atoms with van der Waals surface area (Å²) < 4.78 is 46.1. The fraction of sp³-hybridized carbons (Fsp3) is 0.680. The molecule has 34 heavy (non-hydrogen) atoms. The quantitative estimate of drug-likeness (QED) is 0.482. The molecule has 9 heteroatoms. The molecular formula is C25H34ClF3N4O. The fourth-order valence-corrected chi connectivity index (χ4v) is 5.87. The molecule has 0 amide bonds. The summed E-state index contributed by atoms with van der Waals surface area (Å²) in [5.41, 5.74) is 0.784. The van der Waals surface area contributed by atoms with Gasteiger partial charge in [0.1, 0.15) is 11.6 Å². The van der Waals surface area contributed by atoms with Crippen molar-refractivity contribution >= 4 is 12.4 Å². The smallest absolute Gasteiger partial charge is 0.381 e. The van der Waals surface area contributed by atoms with Gasteiger partial charge in [-0.25, -0.2) is 0 Å². The summed E-state index contributed by atoms with van der Waals surface area (Å²) in [5.74, 6) is 3.03. The van der Waals surface area contributed by atoms with Crippen LogP contribution in [0.3, 0.4) is 0 Å². The van der Waals surface area contributed by atoms with E-state index < -0.39 is 11.7 Å². The molecule has 5 nitrogen and oxygen atoms in total. The number of aromatic nitrogens is 3. The van der Waals surface area contributed by atoms with E-state index in [1.807, 2.05) is 0 Å². The summed E-state index contributed by atoms with van der Waals surface area (Å²) >= 11 is 0. The third-order valence-corrected chi connectivity index (χ3v) is 8.00. The zero-order valence-electron chi connectivity index (χ0n) is 19.7. The maximum absolute atomic E-state index is 12.8. The molecule has 1 aromatic heterocycles. The predicted molar refractivity (Wildman–Crippen MR) is 126 cm³/mol. The Hall–Kier alpha value is -1.64. The molecule has 188 valence electrons. The minimum absolute atomic E-state index is 0. The van der Waals surface area contributed by atoms with Gasteiger partial charge >= 0.3 is 6.18 Å². The highest BCUT2D eigenvalue weighted by Gasteiger charge is 2.57. The van der Waals surface area contributed by atoms with Gasteiger partial charge in [-0.3, -0.25) is 0 Å². The van der Waals surface area contributed by atoms with Gasteiger partial charge in [-0.2, -0.15) is 13.2 Å². The third kappa shape index (κ3) is 5.29. The summed E-state index contributed by atoms with van der Waals surface area (Å²) in [7, 11) is 2.08. The van der Waals surface area contributed by atoms with E-state index in [0.717, 1.165) is 95.0 Å². The van der Waals surface area contributed by atoms with Gasteiger partial charge in [0.05, 0.1) is 5.56 Å². The number of benzene rings is 1. The van der Waals surface area contributed by atoms with Crippen LogP contribution in [0.5, 0.6) is 0 Å². The molecule has 2 aromatic rings. The maximum atomic E-state index is 12.8. The number of halogens is 4. The van der Waals surface area contributed by atoms with Crippen molar-refractivity contribution in [3.8, 4) is 0 Å². The van der Waals surface area contributed by atoms with Crippen LogP contribution in [0.25, 0.3) is 0 Å². The molecular weight excluding hydrogens is 465 g/mol. The van der Waals surface area contributed by atoms with Gasteiger partial charge in [-0.15, -0.1) is 22.6 Å². The lowest BCUT2D eigenvalue weighted by Crippen LogP contribution is -2.23. The second-order valence-electron chi connectivity index (χ2n) is 10.1. The molecule has 0 unspecified atom stereocenters. The molecule has 0 N–H and O–H groups in total. The number of ether oxygens (including phenoxy) is 1. The van der Waals surface area contributed by atoms with Crippen molar-refractivity contribution in [2.24, 2.45) is 12.5 Å². The number of unbranched alkanes of at least 4 members (excludes halogenated alkanes) is 1. The lowest BCUT2D eigenvalue weighted by Gasteiger charge is -2.21. The molecule has 1 spiro atoms. The van der Waals surface area contributed by atoms with Crippen LogP contribution in [0.4, 0.5) is 13.2 Å². The zero-order valence-corrected chi connectivity index (χ0v) is 20.5. The summed E-state index contributed by atoms with van der Waals surface area (Å²) in [6, 6.07) is 5.82. The number of nitrogens with zero attached hydrogens (tertiary/aromatic N) is 4. The average Bonchev–Trinajstić information content (AvgIpc) is 3.15. The number of alkyl halides is 3. The van der Waals surface area contributed by atoms with Crippen LogP contribution in [0.15, 0.2) is 24.3 Å². The summed E-state index contributed by atoms with van der Waals surface area (Å²) in [5, 5.41) is 8.91. The van der Waals surface area contributed by atoms with Crippen LogP contribution in [-0.2, 0) is 24.4 Å². The van der Waals surface area contributed by atoms with Crippen molar-refractivity contribution in [1.29, 1.82) is 0 Å². The molecule has 2 atom stereocenters. The summed E-state index contributed by atoms with van der Waals surface area (Å²) in [6.45, 7) is 4.85. The topological polar surface area (TPSA) is 43.2 Å². The van der Waals surface area contributed by atoms with Gasteiger partial charge in [-0.05, 0) is 80.6 Å². The van der Waals surface area contributed by atoms with E-state index >= 15 is 0 Å². The van der Waals surface area contributed by atoms with Gasteiger partial charge in [-0.1, -0.05) is 12.1 Å². The molecule has 1 saturated carbocycles. The van der Waals surface area contributed by atoms with E-state index in [-0.39, 0.29) is 17.8 Å². The predicted octanol–water partition coefficient (Wildman–Crippen LogP) is 5.35. The number of rotatable bonds is 7. The molecule has 0 radical (unpaired) electrons. The van der Waals surface area contributed by atoms with Gasteiger partial charge in [0.2, 0.25) is 0 Å². The number of aryl methyl sites for hydroxylation is 1. The van der Waals surface area contributed by atoms with Gasteiger partial charge < -0.3 is 14.2 Å². The van der Waals surface area contributed by atoms with Gasteiger partial charge in [0, 0.05) is 39.1 Å². The molecule has 3 aliphatic rings. The highest BCUT2D eigenvalue weighted by Crippen LogP contribution is 2.64. The first-order chi connectivity index (χ1) is 15.9. The van der Waals surface area contributed by atoms with Crippen molar-refractivity contribution < 1.29 is 17.9 Å². The molecule has 5 rings (SSSR count). The highest BCUT2D eigenvalue weighted by molar-refractivity contribution is 5.85. The number of likely N-dealkylation sites (tertiary alicyclic amines) is 1. The molecule has 2 saturated heterocycles. The van der Waals surface area contributed by atoms with Crippen LogP contribution in [0.1, 0.15) is 73.1 Å². The Balaban J connectivity index is 0.00000274. The largest absolute Gasteiger partial charge is 0.416 e. The minimum atomic E-state index is -4.26. The van der Waals surface area contributed by atoms with Gasteiger partial charge in [0.15, 0.2) is 0 Å². The van der Waals surface area contributed by atoms with E-state index in [2.05, 4.69) is 26.7 Å².